The van der Waals surface area contributed by atoms with Gasteiger partial charge in [-0.05, 0) is 58.3 Å². The molecule has 9 aromatic rings. The number of rotatable bonds is 2. The van der Waals surface area contributed by atoms with E-state index in [9.17, 15) is 0 Å². The van der Waals surface area contributed by atoms with Crippen molar-refractivity contribution in [1.29, 1.82) is 0 Å². The predicted octanol–water partition coefficient (Wildman–Crippen LogP) is 10.7. The first-order valence-electron chi connectivity index (χ1n) is 15.7. The molecule has 45 heavy (non-hydrogen) atoms. The Balaban J connectivity index is 1.41. The Hall–Kier alpha value is -5.67. The molecule has 1 aliphatic rings. The molecule has 3 heteroatoms. The molecule has 0 saturated heterocycles. The minimum Gasteiger partial charge on any atom is -0.309 e. The fourth-order valence-corrected chi connectivity index (χ4v) is 8.02. The quantitative estimate of drug-likeness (QED) is 0.188. The highest BCUT2D eigenvalue weighted by atomic mass is 15.1. The van der Waals surface area contributed by atoms with Crippen molar-refractivity contribution in [3.63, 3.8) is 0 Å². The van der Waals surface area contributed by atoms with Crippen LogP contribution in [0, 0.1) is 0 Å². The largest absolute Gasteiger partial charge is 0.309 e. The molecule has 0 amide bonds. The van der Waals surface area contributed by atoms with Crippen LogP contribution in [0.25, 0.3) is 77.1 Å². The molecule has 3 nitrogen and oxygen atoms in total. The van der Waals surface area contributed by atoms with Crippen molar-refractivity contribution in [2.24, 2.45) is 0 Å². The van der Waals surface area contributed by atoms with Crippen LogP contribution in [0.3, 0.4) is 0 Å². The summed E-state index contributed by atoms with van der Waals surface area (Å²) in [7, 11) is 0. The number of benzene rings is 7. The van der Waals surface area contributed by atoms with Crippen LogP contribution in [0.4, 0.5) is 0 Å². The van der Waals surface area contributed by atoms with Gasteiger partial charge in [-0.15, -0.1) is 0 Å². The molecule has 10 rings (SSSR count). The van der Waals surface area contributed by atoms with Crippen LogP contribution in [0.5, 0.6) is 0 Å². The Morgan fingerprint density at radius 2 is 1.11 bits per heavy atom. The van der Waals surface area contributed by atoms with Crippen molar-refractivity contribution in [3.05, 3.63) is 151 Å². The molecule has 1 aliphatic heterocycles. The molecule has 212 valence electrons. The van der Waals surface area contributed by atoms with Gasteiger partial charge in [-0.3, -0.25) is 4.57 Å². The van der Waals surface area contributed by atoms with Crippen LogP contribution in [0.1, 0.15) is 25.0 Å². The maximum Gasteiger partial charge on any atom is 0.145 e. The van der Waals surface area contributed by atoms with Crippen LogP contribution in [-0.4, -0.2) is 14.1 Å². The van der Waals surface area contributed by atoms with Crippen LogP contribution >= 0.6 is 0 Å². The third kappa shape index (κ3) is 3.17. The highest BCUT2D eigenvalue weighted by Gasteiger charge is 2.36. The molecule has 0 spiro atoms. The lowest BCUT2D eigenvalue weighted by Crippen LogP contribution is -2.26. The van der Waals surface area contributed by atoms with E-state index >= 15 is 0 Å². The first-order chi connectivity index (χ1) is 22.1. The van der Waals surface area contributed by atoms with Crippen molar-refractivity contribution >= 4 is 54.4 Å². The van der Waals surface area contributed by atoms with Crippen molar-refractivity contribution < 1.29 is 0 Å². The Morgan fingerprint density at radius 3 is 1.91 bits per heavy atom. The van der Waals surface area contributed by atoms with Gasteiger partial charge in [-0.2, -0.15) is 0 Å². The number of nitrogens with zero attached hydrogens (tertiary/aromatic N) is 3. The van der Waals surface area contributed by atoms with Gasteiger partial charge in [0.15, 0.2) is 0 Å². The Morgan fingerprint density at radius 1 is 0.489 bits per heavy atom. The van der Waals surface area contributed by atoms with Gasteiger partial charge < -0.3 is 4.57 Å². The van der Waals surface area contributed by atoms with Crippen LogP contribution in [-0.2, 0) is 5.41 Å². The smallest absolute Gasteiger partial charge is 0.145 e. The lowest BCUT2D eigenvalue weighted by Gasteiger charge is -2.35. The average molecular weight is 576 g/mol. The zero-order chi connectivity index (χ0) is 29.9. The molecule has 3 heterocycles. The monoisotopic (exact) mass is 575 g/mol. The lowest BCUT2D eigenvalue weighted by molar-refractivity contribution is 0.630. The van der Waals surface area contributed by atoms with Gasteiger partial charge in [0.05, 0.1) is 27.8 Å². The van der Waals surface area contributed by atoms with Crippen molar-refractivity contribution in [3.8, 4) is 22.8 Å². The van der Waals surface area contributed by atoms with E-state index in [-0.39, 0.29) is 5.41 Å². The summed E-state index contributed by atoms with van der Waals surface area (Å²) in [5, 5.41) is 7.40. The summed E-state index contributed by atoms with van der Waals surface area (Å²) >= 11 is 0. The third-order valence-corrected chi connectivity index (χ3v) is 10.1. The molecule has 2 aromatic heterocycles. The third-order valence-electron chi connectivity index (χ3n) is 10.1. The van der Waals surface area contributed by atoms with Crippen molar-refractivity contribution in [2.45, 2.75) is 19.3 Å². The molecular weight excluding hydrogens is 546 g/mol. The summed E-state index contributed by atoms with van der Waals surface area (Å²) in [6, 6.07) is 50.7. The second-order valence-electron chi connectivity index (χ2n) is 12.8. The Kier molecular flexibility index (Phi) is 4.79. The average Bonchev–Trinajstić information content (AvgIpc) is 3.65. The van der Waals surface area contributed by atoms with Crippen molar-refractivity contribution in [2.75, 3.05) is 0 Å². The topological polar surface area (TPSA) is 22.8 Å². The zero-order valence-corrected chi connectivity index (χ0v) is 25.1. The SMILES string of the molecule is CC1(C)c2ccccc2-n2c3ccccc3c3cc(-c4nc5c6ccccc6c6ccccc6c5n4-c4ccccc4)cc1c32. The number of para-hydroxylation sites is 3. The molecule has 0 bridgehead atoms. The summed E-state index contributed by atoms with van der Waals surface area (Å²) in [6.45, 7) is 4.74. The summed E-state index contributed by atoms with van der Waals surface area (Å²) in [4.78, 5) is 5.57. The maximum atomic E-state index is 5.57. The first-order valence-corrected chi connectivity index (χ1v) is 15.7. The minimum absolute atomic E-state index is 0.196. The second kappa shape index (κ2) is 8.71. The van der Waals surface area contributed by atoms with Gasteiger partial charge >= 0.3 is 0 Å². The molecule has 0 unspecified atom stereocenters. The van der Waals surface area contributed by atoms with Gasteiger partial charge in [0.1, 0.15) is 5.82 Å². The number of aromatic nitrogens is 3. The van der Waals surface area contributed by atoms with E-state index in [4.69, 9.17) is 4.98 Å². The number of hydrogen-bond acceptors (Lipinski definition) is 1. The standard InChI is InChI=1S/C42H29N3/c1-42(2)34-21-11-13-23-37(34)45-36-22-12-10-18-30(36)33-24-26(25-35(42)39(33)45)41-43-38-31-19-8-6-16-28(31)29-17-7-9-20-32(29)40(38)44(41)27-14-4-3-5-15-27/h3-25H,1-2H3. The van der Waals surface area contributed by atoms with Gasteiger partial charge in [0, 0.05) is 38.2 Å². The maximum absolute atomic E-state index is 5.57. The van der Waals surface area contributed by atoms with E-state index in [2.05, 4.69) is 163 Å². The number of imidazole rings is 1. The predicted molar refractivity (Wildman–Crippen MR) is 188 cm³/mol. The van der Waals surface area contributed by atoms with E-state index < -0.39 is 0 Å². The van der Waals surface area contributed by atoms with Gasteiger partial charge in [-0.1, -0.05) is 117 Å². The molecule has 0 saturated carbocycles. The molecular formula is C42H29N3. The first kappa shape index (κ1) is 24.7. The number of fused-ring (bicyclic) bond motifs is 11. The molecule has 0 aliphatic carbocycles. The summed E-state index contributed by atoms with van der Waals surface area (Å²) < 4.78 is 4.87. The normalized spacial score (nSPS) is 13.7. The highest BCUT2D eigenvalue weighted by Crippen LogP contribution is 2.49. The van der Waals surface area contributed by atoms with E-state index in [0.717, 1.165) is 28.1 Å². The molecule has 0 radical (unpaired) electrons. The number of hydrogen-bond donors (Lipinski definition) is 0. The van der Waals surface area contributed by atoms with Crippen LogP contribution in [0.15, 0.2) is 140 Å². The van der Waals surface area contributed by atoms with Crippen molar-refractivity contribution in [1.82, 2.24) is 14.1 Å². The van der Waals surface area contributed by atoms with Gasteiger partial charge in [-0.25, -0.2) is 4.98 Å². The molecule has 0 N–H and O–H groups in total. The molecule has 0 fully saturated rings. The summed E-state index contributed by atoms with van der Waals surface area (Å²) in [6.07, 6.45) is 0. The van der Waals surface area contributed by atoms with Gasteiger partial charge in [0.25, 0.3) is 0 Å². The fourth-order valence-electron chi connectivity index (χ4n) is 8.02. The van der Waals surface area contributed by atoms with E-state index in [1.54, 1.807) is 0 Å². The molecule has 0 atom stereocenters. The molecule has 7 aromatic carbocycles. The van der Waals surface area contributed by atoms with Gasteiger partial charge in [0.2, 0.25) is 0 Å². The zero-order valence-electron chi connectivity index (χ0n) is 25.1. The summed E-state index contributed by atoms with van der Waals surface area (Å²) in [5.74, 6) is 0.961. The van der Waals surface area contributed by atoms with E-state index in [1.165, 1.54) is 60.2 Å². The van der Waals surface area contributed by atoms with E-state index in [0.29, 0.717) is 0 Å². The van der Waals surface area contributed by atoms with Crippen LogP contribution < -0.4 is 0 Å². The van der Waals surface area contributed by atoms with E-state index in [1.807, 2.05) is 0 Å². The van der Waals surface area contributed by atoms with Crippen LogP contribution in [0.2, 0.25) is 0 Å². The summed E-state index contributed by atoms with van der Waals surface area (Å²) in [5.41, 5.74) is 10.7. The Bertz CT molecular complexity index is 2670. The highest BCUT2D eigenvalue weighted by molar-refractivity contribution is 6.24. The second-order valence-corrected chi connectivity index (χ2v) is 12.8. The Labute approximate surface area is 260 Å². The minimum atomic E-state index is -0.196. The fraction of sp³-hybridized carbons (Fsp3) is 0.0714. The lowest BCUT2D eigenvalue weighted by atomic mass is 9.74.